The molecule has 7 atom stereocenters. The van der Waals surface area contributed by atoms with Crippen molar-refractivity contribution in [1.29, 1.82) is 0 Å². The Labute approximate surface area is 328 Å². The predicted molar refractivity (Wildman–Crippen MR) is 210 cm³/mol. The first kappa shape index (κ1) is 38.9. The van der Waals surface area contributed by atoms with E-state index in [2.05, 4.69) is 31.2 Å². The quantitative estimate of drug-likeness (QED) is 0.243. The minimum atomic E-state index is -3.85. The van der Waals surface area contributed by atoms with E-state index in [1.54, 1.807) is 45.4 Å². The van der Waals surface area contributed by atoms with Crippen molar-refractivity contribution >= 4 is 45.0 Å². The monoisotopic (exact) mass is 795 g/mol. The average molecular weight is 796 g/mol. The van der Waals surface area contributed by atoms with Crippen LogP contribution in [0.2, 0.25) is 5.02 Å². The van der Waals surface area contributed by atoms with Crippen LogP contribution in [-0.2, 0) is 43.1 Å². The first-order valence-electron chi connectivity index (χ1n) is 18.7. The molecular formula is C40H50ClN5O8S. The lowest BCUT2D eigenvalue weighted by Crippen LogP contribution is -2.49. The molecule has 4 aliphatic rings. The Bertz CT molecular complexity index is 2150. The first-order valence-corrected chi connectivity index (χ1v) is 20.7. The van der Waals surface area contributed by atoms with E-state index in [0.29, 0.717) is 30.5 Å². The fourth-order valence-electron chi connectivity index (χ4n) is 8.65. The summed E-state index contributed by atoms with van der Waals surface area (Å²) >= 11 is 6.46. The molecule has 7 rings (SSSR count). The van der Waals surface area contributed by atoms with Gasteiger partial charge >= 0.3 is 5.97 Å². The Kier molecular flexibility index (Phi) is 11.0. The van der Waals surface area contributed by atoms with Crippen molar-refractivity contribution in [3.63, 3.8) is 0 Å². The number of rotatable bonds is 5. The Morgan fingerprint density at radius 3 is 2.65 bits per heavy atom. The van der Waals surface area contributed by atoms with Gasteiger partial charge in [-0.15, -0.1) is 9.46 Å². The third-order valence-electron chi connectivity index (χ3n) is 11.5. The van der Waals surface area contributed by atoms with Crippen molar-refractivity contribution in [2.75, 3.05) is 44.6 Å². The Hall–Kier alpha value is -4.40. The average Bonchev–Trinajstić information content (AvgIpc) is 3.45. The molecule has 1 saturated carbocycles. The molecule has 2 aromatic carbocycles. The lowest BCUT2D eigenvalue weighted by molar-refractivity contribution is -0.145. The third kappa shape index (κ3) is 7.99. The summed E-state index contributed by atoms with van der Waals surface area (Å²) in [5, 5.41) is 4.84. The van der Waals surface area contributed by atoms with Crippen molar-refractivity contribution in [3.05, 3.63) is 82.0 Å². The number of fused-ring (bicyclic) bond motifs is 4. The van der Waals surface area contributed by atoms with Crippen LogP contribution in [-0.4, -0.2) is 83.6 Å². The number of aryl methyl sites for hydroxylation is 2. The number of halogens is 1. The zero-order valence-corrected chi connectivity index (χ0v) is 33.4. The predicted octanol–water partition coefficient (Wildman–Crippen LogP) is 5.93. The van der Waals surface area contributed by atoms with E-state index in [1.807, 2.05) is 12.1 Å². The number of methoxy groups -OCH3 is 2. The summed E-state index contributed by atoms with van der Waals surface area (Å²) in [6.07, 6.45) is 8.73. The number of carbonyl (C=O) groups excluding carboxylic acids is 3. The molecule has 13 nitrogen and oxygen atoms in total. The van der Waals surface area contributed by atoms with Crippen LogP contribution >= 0.6 is 11.6 Å². The minimum Gasteiger partial charge on any atom is -0.490 e. The molecule has 3 heterocycles. The van der Waals surface area contributed by atoms with E-state index in [1.165, 1.54) is 36.0 Å². The molecule has 55 heavy (non-hydrogen) atoms. The Morgan fingerprint density at radius 1 is 1.13 bits per heavy atom. The van der Waals surface area contributed by atoms with Crippen LogP contribution in [0.3, 0.4) is 0 Å². The Morgan fingerprint density at radius 2 is 1.93 bits per heavy atom. The molecule has 15 heteroatoms. The van der Waals surface area contributed by atoms with Gasteiger partial charge in [0.2, 0.25) is 5.88 Å². The fraction of sp³-hybridized carbons (Fsp3) is 0.500. The summed E-state index contributed by atoms with van der Waals surface area (Å²) in [5.74, 6) is -1.98. The maximum Gasteiger partial charge on any atom is 0.303 e. The molecule has 2 bridgehead atoms. The topological polar surface area (TPSA) is 151 Å². The molecule has 3 aromatic rings. The number of esters is 1. The van der Waals surface area contributed by atoms with E-state index in [0.717, 1.165) is 37.8 Å². The smallest absolute Gasteiger partial charge is 0.303 e. The summed E-state index contributed by atoms with van der Waals surface area (Å²) in [6.45, 7) is 4.81. The van der Waals surface area contributed by atoms with Gasteiger partial charge in [-0.05, 0) is 91.5 Å². The summed E-state index contributed by atoms with van der Waals surface area (Å²) < 4.78 is 46.7. The molecule has 0 saturated heterocycles. The van der Waals surface area contributed by atoms with Gasteiger partial charge in [-0.1, -0.05) is 30.7 Å². The minimum absolute atomic E-state index is 0. The van der Waals surface area contributed by atoms with Crippen LogP contribution in [0.1, 0.15) is 72.8 Å². The molecule has 1 fully saturated rings. The lowest BCUT2D eigenvalue weighted by Gasteiger charge is -2.46. The van der Waals surface area contributed by atoms with Crippen LogP contribution in [0.15, 0.2) is 59.1 Å². The van der Waals surface area contributed by atoms with Crippen LogP contribution < -0.4 is 19.1 Å². The highest BCUT2D eigenvalue weighted by Crippen LogP contribution is 2.47. The molecule has 296 valence electrons. The van der Waals surface area contributed by atoms with Gasteiger partial charge in [0.1, 0.15) is 27.3 Å². The van der Waals surface area contributed by atoms with Crippen LogP contribution in [0.25, 0.3) is 0 Å². The highest BCUT2D eigenvalue weighted by atomic mass is 35.5. The van der Waals surface area contributed by atoms with Crippen LogP contribution in [0.5, 0.6) is 11.6 Å². The zero-order chi connectivity index (χ0) is 39.1. The second-order valence-electron chi connectivity index (χ2n) is 15.3. The van der Waals surface area contributed by atoms with Gasteiger partial charge in [0.05, 0.1) is 31.3 Å². The third-order valence-corrected chi connectivity index (χ3v) is 13.6. The largest absolute Gasteiger partial charge is 0.490 e. The summed E-state index contributed by atoms with van der Waals surface area (Å²) in [5.41, 5.74) is 3.08. The number of ether oxygens (including phenoxy) is 4. The van der Waals surface area contributed by atoms with Crippen molar-refractivity contribution in [3.8, 4) is 11.6 Å². The SMILES string of the molecule is COc1nn(C)cc1C(=O)NS1(=O)=NC(=O)c2ccc3c(c2)N(C[C@@H]2CC[C@H]2[C@@H](OC)/C=C/[C@H](OC(C)=O)[C@H](C)C1)C[C@@]1(CCCc2cc(Cl)ccc21)CO3.[HH]. The number of nitrogens with zero attached hydrogens (tertiary/aromatic N) is 4. The maximum atomic E-state index is 14.9. The van der Waals surface area contributed by atoms with Crippen molar-refractivity contribution in [2.45, 2.75) is 63.6 Å². The highest BCUT2D eigenvalue weighted by molar-refractivity contribution is 7.92. The van der Waals surface area contributed by atoms with Gasteiger partial charge in [0, 0.05) is 63.7 Å². The van der Waals surface area contributed by atoms with Gasteiger partial charge in [-0.3, -0.25) is 23.8 Å². The van der Waals surface area contributed by atoms with Gasteiger partial charge < -0.3 is 23.8 Å². The van der Waals surface area contributed by atoms with E-state index in [9.17, 15) is 18.6 Å². The highest BCUT2D eigenvalue weighted by Gasteiger charge is 2.44. The lowest BCUT2D eigenvalue weighted by atomic mass is 9.68. The van der Waals surface area contributed by atoms with Gasteiger partial charge in [0.25, 0.3) is 11.8 Å². The molecular weight excluding hydrogens is 746 g/mol. The summed E-state index contributed by atoms with van der Waals surface area (Å²) in [7, 11) is 0.805. The number of aromatic nitrogens is 2. The molecule has 2 aliphatic heterocycles. The first-order chi connectivity index (χ1) is 26.3. The molecule has 1 spiro atoms. The number of benzene rings is 2. The number of nitrogens with one attached hydrogen (secondary N) is 1. The number of hydrogen-bond donors (Lipinski definition) is 1. The molecule has 1 unspecified atom stereocenters. The van der Waals surface area contributed by atoms with E-state index in [-0.39, 0.29) is 47.5 Å². The molecule has 0 radical (unpaired) electrons. The molecule has 1 aromatic heterocycles. The standard InChI is InChI=1S/C40H48ClN5O8S.H2/c1-24-21-55(50,44-38(49)31-20-45(3)42-39(31)52-5)43-37(48)27-9-13-36-33(18-27)46(19-28-8-11-30(28)35(51-4)15-14-34(24)54-25(2)47)22-40(23-53-36)16-6-7-26-17-29(41)10-12-32(26)40;/h9-10,12-15,17-18,20,24,28,30,34-35H,6-8,11,16,19,21-23H2,1-5H3,(H,43,44,48,49,50);1H/b15-14+;/t24-,28+,30-,34+,35+,40+,55?;/m1./s1. The number of hydrogen-bond acceptors (Lipinski definition) is 10. The van der Waals surface area contributed by atoms with Gasteiger partial charge in [0.15, 0.2) is 0 Å². The number of anilines is 1. The fourth-order valence-corrected chi connectivity index (χ4v) is 10.7. The second kappa shape index (κ2) is 15.6. The summed E-state index contributed by atoms with van der Waals surface area (Å²) in [4.78, 5) is 42.5. The van der Waals surface area contributed by atoms with Crippen LogP contribution in [0.4, 0.5) is 5.69 Å². The van der Waals surface area contributed by atoms with Crippen molar-refractivity contribution < 1.29 is 39.0 Å². The molecule has 2 amide bonds. The maximum absolute atomic E-state index is 14.9. The van der Waals surface area contributed by atoms with E-state index in [4.69, 9.17) is 30.5 Å². The van der Waals surface area contributed by atoms with E-state index >= 15 is 0 Å². The molecule has 2 aliphatic carbocycles. The summed E-state index contributed by atoms with van der Waals surface area (Å²) in [6, 6.07) is 11.3. The number of amides is 2. The second-order valence-corrected chi connectivity index (χ2v) is 17.7. The van der Waals surface area contributed by atoms with Crippen LogP contribution in [0, 0.1) is 17.8 Å². The molecule has 1 N–H and O–H groups in total. The van der Waals surface area contributed by atoms with E-state index < -0.39 is 39.7 Å². The van der Waals surface area contributed by atoms with Crippen molar-refractivity contribution in [1.82, 2.24) is 14.5 Å². The normalized spacial score (nSPS) is 29.7. The zero-order valence-electron chi connectivity index (χ0n) is 31.8. The van der Waals surface area contributed by atoms with Gasteiger partial charge in [-0.2, -0.15) is 0 Å². The Balaban J connectivity index is 0.00000532. The number of carbonyl (C=O) groups is 3. The van der Waals surface area contributed by atoms with Gasteiger partial charge in [-0.25, -0.2) is 4.21 Å². The van der Waals surface area contributed by atoms with Crippen molar-refractivity contribution in [2.24, 2.45) is 29.2 Å².